The Morgan fingerprint density at radius 3 is 2.79 bits per heavy atom. The van der Waals surface area contributed by atoms with E-state index < -0.39 is 0 Å². The molecule has 156 valence electrons. The van der Waals surface area contributed by atoms with Crippen LogP contribution < -0.4 is 20.7 Å². The summed E-state index contributed by atoms with van der Waals surface area (Å²) >= 11 is 0. The Bertz CT molecular complexity index is 876. The summed E-state index contributed by atoms with van der Waals surface area (Å²) in [6, 6.07) is 12.7. The Morgan fingerprint density at radius 1 is 1.28 bits per heavy atom. The normalized spacial score (nSPS) is 15.6. The van der Waals surface area contributed by atoms with Gasteiger partial charge in [0.1, 0.15) is 0 Å². The molecular formula is C21H26FIN4O2. The van der Waals surface area contributed by atoms with Gasteiger partial charge >= 0.3 is 0 Å². The number of rotatable bonds is 6. The molecule has 0 bridgehead atoms. The lowest BCUT2D eigenvalue weighted by Crippen LogP contribution is -2.40. The predicted octanol–water partition coefficient (Wildman–Crippen LogP) is 3.63. The Balaban J connectivity index is 0.00000300. The highest BCUT2D eigenvalue weighted by molar-refractivity contribution is 14.0. The lowest BCUT2D eigenvalue weighted by Gasteiger charge is -2.26. The third kappa shape index (κ3) is 6.06. The van der Waals surface area contributed by atoms with Crippen LogP contribution in [-0.4, -0.2) is 32.1 Å². The van der Waals surface area contributed by atoms with Gasteiger partial charge in [0.2, 0.25) is 5.91 Å². The molecule has 6 nitrogen and oxygen atoms in total. The first-order valence-electron chi connectivity index (χ1n) is 9.35. The molecule has 0 aliphatic carbocycles. The van der Waals surface area contributed by atoms with Crippen molar-refractivity contribution >= 4 is 41.5 Å². The summed E-state index contributed by atoms with van der Waals surface area (Å²) < 4.78 is 19.2. The number of carbonyl (C=O) groups is 1. The molecule has 3 N–H and O–H groups in total. The van der Waals surface area contributed by atoms with Crippen LogP contribution in [0.4, 0.5) is 10.1 Å². The number of halogens is 2. The molecule has 1 aliphatic rings. The smallest absolute Gasteiger partial charge is 0.225 e. The number of hydrogen-bond acceptors (Lipinski definition) is 3. The van der Waals surface area contributed by atoms with Crippen LogP contribution >= 0.6 is 24.0 Å². The number of anilines is 1. The van der Waals surface area contributed by atoms with Crippen LogP contribution in [0.1, 0.15) is 30.4 Å². The monoisotopic (exact) mass is 512 g/mol. The molecule has 0 saturated carbocycles. The van der Waals surface area contributed by atoms with E-state index in [1.807, 2.05) is 37.3 Å². The van der Waals surface area contributed by atoms with Crippen molar-refractivity contribution in [3.05, 3.63) is 59.4 Å². The average Bonchev–Trinajstić information content (AvgIpc) is 2.70. The van der Waals surface area contributed by atoms with E-state index in [0.29, 0.717) is 32.1 Å². The van der Waals surface area contributed by atoms with E-state index in [1.54, 1.807) is 13.1 Å². The van der Waals surface area contributed by atoms with Crippen molar-refractivity contribution in [2.45, 2.75) is 25.8 Å². The summed E-state index contributed by atoms with van der Waals surface area (Å²) in [5.41, 5.74) is 2.75. The van der Waals surface area contributed by atoms with E-state index >= 15 is 0 Å². The molecule has 1 heterocycles. The minimum Gasteiger partial charge on any atom is -0.491 e. The number of aliphatic imine (C=N–C) groups is 1. The van der Waals surface area contributed by atoms with Gasteiger partial charge in [-0.25, -0.2) is 4.39 Å². The number of guanidine groups is 1. The van der Waals surface area contributed by atoms with Gasteiger partial charge in [0, 0.05) is 38.2 Å². The number of fused-ring (bicyclic) bond motifs is 1. The quantitative estimate of drug-likeness (QED) is 0.314. The SMILES string of the molecule is CCOc1ccc(CNC(=NC)NCC2CC(=O)Nc3ccccc32)cc1F.I. The standard InChI is InChI=1S/C21H25FN4O2.HI/c1-3-28-19-9-8-14(10-17(19)22)12-24-21(23-2)25-13-15-11-20(27)26-18-7-5-4-6-16(15)18;/h4-10,15H,3,11-13H2,1-2H3,(H,26,27)(H2,23,24,25);1H. The number of amides is 1. The van der Waals surface area contributed by atoms with Crippen molar-refractivity contribution in [1.29, 1.82) is 0 Å². The second-order valence-electron chi connectivity index (χ2n) is 6.54. The summed E-state index contributed by atoms with van der Waals surface area (Å²) in [6.07, 6.45) is 0.422. The van der Waals surface area contributed by atoms with Crippen molar-refractivity contribution in [2.75, 3.05) is 25.5 Å². The topological polar surface area (TPSA) is 74.8 Å². The molecule has 1 aliphatic heterocycles. The van der Waals surface area contributed by atoms with E-state index in [0.717, 1.165) is 16.8 Å². The number of para-hydroxylation sites is 1. The molecule has 0 aromatic heterocycles. The van der Waals surface area contributed by atoms with Crippen LogP contribution in [0.3, 0.4) is 0 Å². The van der Waals surface area contributed by atoms with Crippen LogP contribution in [0.5, 0.6) is 5.75 Å². The first kappa shape index (κ1) is 22.9. The maximum atomic E-state index is 14.0. The van der Waals surface area contributed by atoms with Crippen LogP contribution in [0.25, 0.3) is 0 Å². The van der Waals surface area contributed by atoms with Crippen molar-refractivity contribution in [1.82, 2.24) is 10.6 Å². The van der Waals surface area contributed by atoms with Crippen molar-refractivity contribution < 1.29 is 13.9 Å². The van der Waals surface area contributed by atoms with Gasteiger partial charge in [0.25, 0.3) is 0 Å². The number of hydrogen-bond donors (Lipinski definition) is 3. The summed E-state index contributed by atoms with van der Waals surface area (Å²) in [5.74, 6) is 0.541. The summed E-state index contributed by atoms with van der Waals surface area (Å²) in [6.45, 7) is 3.23. The number of nitrogens with zero attached hydrogens (tertiary/aromatic N) is 1. The number of benzene rings is 2. The van der Waals surface area contributed by atoms with E-state index in [1.165, 1.54) is 6.07 Å². The van der Waals surface area contributed by atoms with Crippen LogP contribution in [0, 0.1) is 5.82 Å². The zero-order valence-electron chi connectivity index (χ0n) is 16.5. The Labute approximate surface area is 187 Å². The van der Waals surface area contributed by atoms with E-state index in [9.17, 15) is 9.18 Å². The first-order chi connectivity index (χ1) is 13.6. The van der Waals surface area contributed by atoms with Crippen LogP contribution in [-0.2, 0) is 11.3 Å². The van der Waals surface area contributed by atoms with Crippen LogP contribution in [0.15, 0.2) is 47.5 Å². The molecule has 8 heteroatoms. The maximum Gasteiger partial charge on any atom is 0.225 e. The van der Waals surface area contributed by atoms with Gasteiger partial charge in [-0.05, 0) is 36.2 Å². The largest absolute Gasteiger partial charge is 0.491 e. The molecule has 0 radical (unpaired) electrons. The number of nitrogens with one attached hydrogen (secondary N) is 3. The average molecular weight is 512 g/mol. The zero-order chi connectivity index (χ0) is 19.9. The van der Waals surface area contributed by atoms with E-state index in [2.05, 4.69) is 20.9 Å². The fourth-order valence-corrected chi connectivity index (χ4v) is 3.24. The molecule has 0 spiro atoms. The Kier molecular flexibility index (Phi) is 8.69. The third-order valence-corrected chi connectivity index (χ3v) is 4.60. The molecule has 1 atom stereocenters. The molecule has 2 aromatic carbocycles. The second-order valence-corrected chi connectivity index (χ2v) is 6.54. The van der Waals surface area contributed by atoms with E-state index in [4.69, 9.17) is 4.74 Å². The van der Waals surface area contributed by atoms with Gasteiger partial charge in [0.15, 0.2) is 17.5 Å². The highest BCUT2D eigenvalue weighted by Crippen LogP contribution is 2.31. The van der Waals surface area contributed by atoms with Gasteiger partial charge in [-0.2, -0.15) is 0 Å². The molecule has 1 unspecified atom stereocenters. The predicted molar refractivity (Wildman–Crippen MR) is 124 cm³/mol. The van der Waals surface area contributed by atoms with E-state index in [-0.39, 0.29) is 47.4 Å². The molecular weight excluding hydrogens is 486 g/mol. The van der Waals surface area contributed by atoms with Gasteiger partial charge in [-0.15, -0.1) is 24.0 Å². The fourth-order valence-electron chi connectivity index (χ4n) is 3.24. The third-order valence-electron chi connectivity index (χ3n) is 4.60. The lowest BCUT2D eigenvalue weighted by atomic mass is 9.90. The molecule has 0 fully saturated rings. The summed E-state index contributed by atoms with van der Waals surface area (Å²) in [7, 11) is 1.68. The minimum absolute atomic E-state index is 0. The van der Waals surface area contributed by atoms with Crippen molar-refractivity contribution in [3.8, 4) is 5.75 Å². The highest BCUT2D eigenvalue weighted by atomic mass is 127. The molecule has 3 rings (SSSR count). The van der Waals surface area contributed by atoms with Gasteiger partial charge in [-0.1, -0.05) is 24.3 Å². The minimum atomic E-state index is -0.381. The molecule has 0 saturated heterocycles. The van der Waals surface area contributed by atoms with Crippen LogP contribution in [0.2, 0.25) is 0 Å². The van der Waals surface area contributed by atoms with Gasteiger partial charge in [0.05, 0.1) is 6.61 Å². The second kappa shape index (κ2) is 11.0. The van der Waals surface area contributed by atoms with Crippen molar-refractivity contribution in [2.24, 2.45) is 4.99 Å². The van der Waals surface area contributed by atoms with Crippen molar-refractivity contribution in [3.63, 3.8) is 0 Å². The fraction of sp³-hybridized carbons (Fsp3) is 0.333. The Morgan fingerprint density at radius 2 is 2.07 bits per heavy atom. The summed E-state index contributed by atoms with van der Waals surface area (Å²) in [4.78, 5) is 16.1. The summed E-state index contributed by atoms with van der Waals surface area (Å²) in [5, 5.41) is 9.33. The molecule has 1 amide bonds. The Hall–Kier alpha value is -2.36. The highest BCUT2D eigenvalue weighted by Gasteiger charge is 2.24. The number of carbonyl (C=O) groups excluding carboxylic acids is 1. The first-order valence-corrected chi connectivity index (χ1v) is 9.35. The van der Waals surface area contributed by atoms with Gasteiger partial charge < -0.3 is 20.7 Å². The zero-order valence-corrected chi connectivity index (χ0v) is 18.8. The molecule has 2 aromatic rings. The molecule has 29 heavy (non-hydrogen) atoms. The lowest BCUT2D eigenvalue weighted by molar-refractivity contribution is -0.116. The maximum absolute atomic E-state index is 14.0. The number of ether oxygens (including phenoxy) is 1. The van der Waals surface area contributed by atoms with Gasteiger partial charge in [-0.3, -0.25) is 9.79 Å².